The lowest BCUT2D eigenvalue weighted by Gasteiger charge is -2.03. The monoisotopic (exact) mass is 201 g/mol. The number of halogens is 2. The van der Waals surface area contributed by atoms with Crippen molar-refractivity contribution in [1.82, 2.24) is 0 Å². The zero-order valence-electron chi connectivity index (χ0n) is 7.30. The molecule has 0 amide bonds. The zero-order chi connectivity index (χ0) is 10.6. The van der Waals surface area contributed by atoms with Gasteiger partial charge >= 0.3 is 5.97 Å². The molecule has 2 N–H and O–H groups in total. The number of benzene rings is 1. The van der Waals surface area contributed by atoms with Crippen molar-refractivity contribution in [3.8, 4) is 0 Å². The Morgan fingerprint density at radius 1 is 1.50 bits per heavy atom. The molecule has 0 aliphatic heterocycles. The molecule has 1 rings (SSSR count). The van der Waals surface area contributed by atoms with Crippen LogP contribution in [-0.4, -0.2) is 19.3 Å². The number of hydrogen-bond acceptors (Lipinski definition) is 3. The van der Waals surface area contributed by atoms with Crippen LogP contribution in [0.2, 0.25) is 0 Å². The summed E-state index contributed by atoms with van der Waals surface area (Å²) >= 11 is 0. The second-order valence-corrected chi connectivity index (χ2v) is 2.56. The average molecular weight is 201 g/mol. The summed E-state index contributed by atoms with van der Waals surface area (Å²) in [5, 5.41) is 0. The minimum absolute atomic E-state index is 0.213. The molecule has 0 fully saturated rings. The van der Waals surface area contributed by atoms with Crippen molar-refractivity contribution in [2.45, 2.75) is 0 Å². The Kier molecular flexibility index (Phi) is 3.39. The number of ether oxygens (including phenoxy) is 1. The Morgan fingerprint density at radius 3 is 2.79 bits per heavy atom. The molecule has 0 radical (unpaired) electrons. The summed E-state index contributed by atoms with van der Waals surface area (Å²) in [6.07, 6.45) is 0. The van der Waals surface area contributed by atoms with Gasteiger partial charge in [0.1, 0.15) is 19.1 Å². The molecule has 76 valence electrons. The minimum atomic E-state index is -0.889. The summed E-state index contributed by atoms with van der Waals surface area (Å²) in [6.45, 7) is -1.16. The van der Waals surface area contributed by atoms with E-state index in [9.17, 15) is 13.6 Å². The van der Waals surface area contributed by atoms with Gasteiger partial charge in [-0.1, -0.05) is 0 Å². The lowest BCUT2D eigenvalue weighted by atomic mass is 10.2. The number of carbonyl (C=O) groups excluding carboxylic acids is 1. The summed E-state index contributed by atoms with van der Waals surface area (Å²) in [7, 11) is 0. The smallest absolute Gasteiger partial charge is 0.341 e. The van der Waals surface area contributed by atoms with Crippen molar-refractivity contribution in [2.75, 3.05) is 19.0 Å². The molecule has 0 saturated heterocycles. The molecule has 0 atom stereocenters. The van der Waals surface area contributed by atoms with Crippen molar-refractivity contribution in [2.24, 2.45) is 0 Å². The standard InChI is InChI=1S/C9H9F2NO2/c10-3-4-14-9(13)7-2-1-6(12)5-8(7)11/h1-2,5H,3-4,12H2. The van der Waals surface area contributed by atoms with Crippen LogP contribution in [-0.2, 0) is 4.74 Å². The van der Waals surface area contributed by atoms with Gasteiger partial charge in [-0.05, 0) is 18.2 Å². The van der Waals surface area contributed by atoms with Gasteiger partial charge in [0.05, 0.1) is 5.56 Å². The number of esters is 1. The molecule has 0 heterocycles. The number of carbonyl (C=O) groups is 1. The van der Waals surface area contributed by atoms with Gasteiger partial charge in [-0.15, -0.1) is 0 Å². The predicted molar refractivity (Wildman–Crippen MR) is 47.1 cm³/mol. The third-order valence-electron chi connectivity index (χ3n) is 1.52. The van der Waals surface area contributed by atoms with E-state index < -0.39 is 18.5 Å². The Morgan fingerprint density at radius 2 is 2.21 bits per heavy atom. The summed E-state index contributed by atoms with van der Waals surface area (Å²) < 4.78 is 29.1. The van der Waals surface area contributed by atoms with E-state index in [2.05, 4.69) is 4.74 Å². The molecule has 1 aromatic carbocycles. The number of hydrogen-bond donors (Lipinski definition) is 1. The first kappa shape index (κ1) is 10.4. The number of nitrogen functional groups attached to an aromatic ring is 1. The van der Waals surface area contributed by atoms with Gasteiger partial charge in [0, 0.05) is 5.69 Å². The first-order valence-corrected chi connectivity index (χ1v) is 3.93. The number of anilines is 1. The van der Waals surface area contributed by atoms with Crippen LogP contribution < -0.4 is 5.73 Å². The second-order valence-electron chi connectivity index (χ2n) is 2.56. The molecule has 0 spiro atoms. The Balaban J connectivity index is 2.80. The molecular formula is C9H9F2NO2. The van der Waals surface area contributed by atoms with E-state index >= 15 is 0 Å². The number of rotatable bonds is 3. The molecule has 0 bridgehead atoms. The normalized spacial score (nSPS) is 9.86. The van der Waals surface area contributed by atoms with Crippen LogP contribution in [0.25, 0.3) is 0 Å². The van der Waals surface area contributed by atoms with Gasteiger partial charge in [-0.25, -0.2) is 13.6 Å². The van der Waals surface area contributed by atoms with Crippen molar-refractivity contribution in [3.05, 3.63) is 29.6 Å². The SMILES string of the molecule is Nc1ccc(C(=O)OCCF)c(F)c1. The summed E-state index contributed by atoms with van der Waals surface area (Å²) in [6, 6.07) is 3.58. The molecule has 0 aromatic heterocycles. The number of alkyl halides is 1. The maximum Gasteiger partial charge on any atom is 0.341 e. The lowest BCUT2D eigenvalue weighted by Crippen LogP contribution is -2.09. The highest BCUT2D eigenvalue weighted by Gasteiger charge is 2.12. The van der Waals surface area contributed by atoms with E-state index in [0.29, 0.717) is 0 Å². The Hall–Kier alpha value is -1.65. The van der Waals surface area contributed by atoms with E-state index in [1.807, 2.05) is 0 Å². The third-order valence-corrected chi connectivity index (χ3v) is 1.52. The van der Waals surface area contributed by atoms with Gasteiger partial charge in [0.25, 0.3) is 0 Å². The molecule has 0 saturated carbocycles. The first-order chi connectivity index (χ1) is 6.65. The lowest BCUT2D eigenvalue weighted by molar-refractivity contribution is 0.0476. The highest BCUT2D eigenvalue weighted by atomic mass is 19.1. The molecule has 1 aromatic rings. The van der Waals surface area contributed by atoms with Gasteiger partial charge in [0.15, 0.2) is 0 Å². The van der Waals surface area contributed by atoms with Crippen molar-refractivity contribution < 1.29 is 18.3 Å². The van der Waals surface area contributed by atoms with E-state index in [1.165, 1.54) is 12.1 Å². The summed E-state index contributed by atoms with van der Waals surface area (Å²) in [5.41, 5.74) is 5.25. The quantitative estimate of drug-likeness (QED) is 0.596. The highest BCUT2D eigenvalue weighted by Crippen LogP contribution is 2.12. The minimum Gasteiger partial charge on any atom is -0.459 e. The van der Waals surface area contributed by atoms with Crippen LogP contribution in [0.4, 0.5) is 14.5 Å². The van der Waals surface area contributed by atoms with Gasteiger partial charge in [-0.2, -0.15) is 0 Å². The Labute approximate surface area is 79.5 Å². The summed E-state index contributed by atoms with van der Waals surface area (Å²) in [5.74, 6) is -1.66. The maximum absolute atomic E-state index is 13.1. The van der Waals surface area contributed by atoms with Crippen LogP contribution in [0.15, 0.2) is 18.2 Å². The fourth-order valence-electron chi connectivity index (χ4n) is 0.906. The van der Waals surface area contributed by atoms with Crippen molar-refractivity contribution in [3.63, 3.8) is 0 Å². The fraction of sp³-hybridized carbons (Fsp3) is 0.222. The predicted octanol–water partition coefficient (Wildman–Crippen LogP) is 1.53. The van der Waals surface area contributed by atoms with Crippen LogP contribution in [0.5, 0.6) is 0 Å². The molecule has 14 heavy (non-hydrogen) atoms. The maximum atomic E-state index is 13.1. The zero-order valence-corrected chi connectivity index (χ0v) is 7.30. The van der Waals surface area contributed by atoms with Gasteiger partial charge < -0.3 is 10.5 Å². The van der Waals surface area contributed by atoms with Crippen molar-refractivity contribution >= 4 is 11.7 Å². The van der Waals surface area contributed by atoms with Crippen LogP contribution >= 0.6 is 0 Å². The van der Waals surface area contributed by atoms with Gasteiger partial charge in [-0.3, -0.25) is 0 Å². The van der Waals surface area contributed by atoms with Crippen LogP contribution in [0.3, 0.4) is 0 Å². The number of nitrogens with two attached hydrogens (primary N) is 1. The van der Waals surface area contributed by atoms with E-state index in [4.69, 9.17) is 5.73 Å². The molecule has 3 nitrogen and oxygen atoms in total. The molecule has 0 unspecified atom stereocenters. The topological polar surface area (TPSA) is 52.3 Å². The third kappa shape index (κ3) is 2.42. The second kappa shape index (κ2) is 4.55. The molecule has 5 heteroatoms. The van der Waals surface area contributed by atoms with E-state index in [0.717, 1.165) is 6.07 Å². The van der Waals surface area contributed by atoms with Crippen LogP contribution in [0, 0.1) is 5.82 Å². The summed E-state index contributed by atoms with van der Waals surface area (Å²) in [4.78, 5) is 11.1. The van der Waals surface area contributed by atoms with Crippen LogP contribution in [0.1, 0.15) is 10.4 Å². The molecular weight excluding hydrogens is 192 g/mol. The molecule has 0 aliphatic rings. The fourth-order valence-corrected chi connectivity index (χ4v) is 0.906. The van der Waals surface area contributed by atoms with Crippen molar-refractivity contribution in [1.29, 1.82) is 0 Å². The van der Waals surface area contributed by atoms with E-state index in [1.54, 1.807) is 0 Å². The Bertz CT molecular complexity index is 342. The highest BCUT2D eigenvalue weighted by molar-refractivity contribution is 5.90. The largest absolute Gasteiger partial charge is 0.459 e. The van der Waals surface area contributed by atoms with E-state index in [-0.39, 0.29) is 17.9 Å². The average Bonchev–Trinajstić information content (AvgIpc) is 2.14. The molecule has 0 aliphatic carbocycles. The van der Waals surface area contributed by atoms with Gasteiger partial charge in [0.2, 0.25) is 0 Å². The first-order valence-electron chi connectivity index (χ1n) is 3.93.